The van der Waals surface area contributed by atoms with Gasteiger partial charge < -0.3 is 44.8 Å². The fourth-order valence-corrected chi connectivity index (χ4v) is 10.4. The zero-order chi connectivity index (χ0) is 46.8. The van der Waals surface area contributed by atoms with Gasteiger partial charge in [0.15, 0.2) is 17.7 Å². The van der Waals surface area contributed by atoms with Crippen LogP contribution in [0.4, 0.5) is 11.5 Å². The fourth-order valence-electron chi connectivity index (χ4n) is 9.59. The van der Waals surface area contributed by atoms with Crippen LogP contribution in [-0.2, 0) is 14.4 Å². The Kier molecular flexibility index (Phi) is 13.9. The predicted octanol–water partition coefficient (Wildman–Crippen LogP) is 5.47. The number of benzene rings is 2. The third-order valence-corrected chi connectivity index (χ3v) is 14.2. The molecule has 3 aliphatic heterocycles. The molecule has 17 nitrogen and oxygen atoms in total. The van der Waals surface area contributed by atoms with Gasteiger partial charge in [0.05, 0.1) is 39.6 Å². The fraction of sp³-hybridized carbons (Fsp3) is 0.479. The maximum absolute atomic E-state index is 14.3. The summed E-state index contributed by atoms with van der Waals surface area (Å²) in [6, 6.07) is 17.7. The molecule has 0 spiro atoms. The predicted molar refractivity (Wildman–Crippen MR) is 251 cm³/mol. The molecule has 0 aliphatic carbocycles. The topological polar surface area (TPSA) is 203 Å². The van der Waals surface area contributed by atoms with Crippen molar-refractivity contribution in [2.24, 2.45) is 5.92 Å². The van der Waals surface area contributed by atoms with E-state index in [1.807, 2.05) is 87.6 Å². The molecule has 3 saturated heterocycles. The lowest BCUT2D eigenvalue weighted by atomic mass is 9.91. The second kappa shape index (κ2) is 19.8. The molecule has 0 saturated carbocycles. The quantitative estimate of drug-likeness (QED) is 0.109. The van der Waals surface area contributed by atoms with Crippen molar-refractivity contribution in [1.82, 2.24) is 40.4 Å². The number of para-hydroxylation sites is 1. The van der Waals surface area contributed by atoms with Crippen LogP contribution in [0, 0.1) is 12.8 Å². The van der Waals surface area contributed by atoms with Crippen LogP contribution in [0.25, 0.3) is 21.7 Å². The van der Waals surface area contributed by atoms with Gasteiger partial charge in [-0.15, -0.1) is 21.5 Å². The second-order valence-corrected chi connectivity index (χ2v) is 18.9. The summed E-state index contributed by atoms with van der Waals surface area (Å²) in [7, 11) is 1.82. The van der Waals surface area contributed by atoms with Crippen LogP contribution in [0.3, 0.4) is 0 Å². The highest BCUT2D eigenvalue weighted by atomic mass is 32.1. The van der Waals surface area contributed by atoms with E-state index in [0.717, 1.165) is 53.4 Å². The highest BCUT2D eigenvalue weighted by molar-refractivity contribution is 7.13. The van der Waals surface area contributed by atoms with Crippen LogP contribution in [0.15, 0.2) is 70.7 Å². The number of amides is 3. The first-order valence-electron chi connectivity index (χ1n) is 22.8. The highest BCUT2D eigenvalue weighted by Gasteiger charge is 2.44. The molecule has 0 bridgehead atoms. The van der Waals surface area contributed by atoms with Gasteiger partial charge in [-0.3, -0.25) is 19.3 Å². The summed E-state index contributed by atoms with van der Waals surface area (Å²) in [6.07, 6.45) is -0.786. The van der Waals surface area contributed by atoms with Crippen molar-refractivity contribution in [3.05, 3.63) is 83.2 Å². The Bertz CT molecular complexity index is 2510. The first-order valence-corrected chi connectivity index (χ1v) is 23.6. The number of ether oxygens (including phenoxy) is 1. The number of thiazole rings is 1. The Morgan fingerprint density at radius 2 is 1.73 bits per heavy atom. The normalized spacial score (nSPS) is 21.5. The van der Waals surface area contributed by atoms with E-state index in [2.05, 4.69) is 47.7 Å². The van der Waals surface area contributed by atoms with E-state index in [1.54, 1.807) is 36.5 Å². The van der Waals surface area contributed by atoms with Crippen molar-refractivity contribution in [3.63, 3.8) is 0 Å². The Balaban J connectivity index is 0.853. The maximum atomic E-state index is 14.3. The zero-order valence-electron chi connectivity index (χ0n) is 38.5. The lowest BCUT2D eigenvalue weighted by molar-refractivity contribution is -0.141. The van der Waals surface area contributed by atoms with Gasteiger partial charge >= 0.3 is 0 Å². The van der Waals surface area contributed by atoms with E-state index in [0.29, 0.717) is 30.2 Å². The first kappa shape index (κ1) is 46.4. The summed E-state index contributed by atoms with van der Waals surface area (Å²) in [5.41, 5.74) is 6.88. The molecule has 66 heavy (non-hydrogen) atoms. The number of phenols is 1. The molecule has 350 valence electrons. The summed E-state index contributed by atoms with van der Waals surface area (Å²) in [6.45, 7) is 15.0. The van der Waals surface area contributed by atoms with E-state index in [4.69, 9.17) is 9.26 Å². The van der Waals surface area contributed by atoms with Crippen molar-refractivity contribution >= 4 is 40.6 Å². The van der Waals surface area contributed by atoms with Crippen molar-refractivity contribution in [2.45, 2.75) is 96.7 Å². The number of nitrogens with zero attached hydrogens (tertiary/aromatic N) is 8. The van der Waals surface area contributed by atoms with E-state index in [-0.39, 0.29) is 72.1 Å². The average Bonchev–Trinajstić information content (AvgIpc) is 4.14. The summed E-state index contributed by atoms with van der Waals surface area (Å²) in [5.74, 6) is -0.790. The maximum Gasteiger partial charge on any atom is 0.263 e. The lowest BCUT2D eigenvalue weighted by Crippen LogP contribution is -2.56. The number of piperazine rings is 1. The van der Waals surface area contributed by atoms with Gasteiger partial charge in [0.2, 0.25) is 11.8 Å². The van der Waals surface area contributed by atoms with Gasteiger partial charge in [-0.25, -0.2) is 4.98 Å². The first-order chi connectivity index (χ1) is 31.7. The van der Waals surface area contributed by atoms with E-state index in [1.165, 1.54) is 4.90 Å². The molecule has 5 aromatic rings. The number of rotatable bonds is 14. The third-order valence-electron chi connectivity index (χ3n) is 13.2. The van der Waals surface area contributed by atoms with Gasteiger partial charge in [0, 0.05) is 76.5 Å². The van der Waals surface area contributed by atoms with E-state index in [9.17, 15) is 24.6 Å². The van der Waals surface area contributed by atoms with Gasteiger partial charge in [-0.2, -0.15) is 0 Å². The minimum atomic E-state index is -0.878. The summed E-state index contributed by atoms with van der Waals surface area (Å²) in [5, 5.41) is 40.4. The molecule has 4 N–H and O–H groups in total. The lowest BCUT2D eigenvalue weighted by Gasteiger charge is -2.43. The zero-order valence-corrected chi connectivity index (χ0v) is 39.4. The van der Waals surface area contributed by atoms with Gasteiger partial charge in [0.25, 0.3) is 11.8 Å². The number of carbonyl (C=O) groups excluding carboxylic acids is 3. The monoisotopic (exact) mass is 920 g/mol. The molecule has 3 amide bonds. The van der Waals surface area contributed by atoms with Crippen molar-refractivity contribution in [3.8, 4) is 33.3 Å². The molecular weight excluding hydrogens is 861 g/mol. The minimum Gasteiger partial charge on any atom is -0.507 e. The summed E-state index contributed by atoms with van der Waals surface area (Å²) >= 11 is 1.58. The molecule has 2 unspecified atom stereocenters. The number of β-amino-alcohol motifs (C(OH)–C–C–N with tert-alkyl or cyclic N) is 1. The van der Waals surface area contributed by atoms with Crippen LogP contribution in [0.5, 0.6) is 11.6 Å². The molecular formula is C48H60N10O7S. The molecule has 6 heterocycles. The number of anilines is 2. The SMILES string of the molecule is CNc1nnc(-c2ccccc2O)cc1N1CCN(C2CCN(C(=O)[C@@H](C)Oc3cc(C(C(=O)N4C[C@H](O)C[C@H]4C(=O)N[C@@H](C)c4ccc(-c5scnc5C)cc4)C(C)C)on3)C2)C[C@@H]1C. The number of hydrogen-bond donors (Lipinski definition) is 4. The largest absolute Gasteiger partial charge is 0.507 e. The van der Waals surface area contributed by atoms with E-state index >= 15 is 0 Å². The molecule has 3 fully saturated rings. The molecule has 8 rings (SSSR count). The third kappa shape index (κ3) is 9.71. The number of aromatic nitrogens is 4. The number of carbonyl (C=O) groups is 3. The van der Waals surface area contributed by atoms with Gasteiger partial charge in [0.1, 0.15) is 17.7 Å². The van der Waals surface area contributed by atoms with Gasteiger partial charge in [-0.05, 0) is 74.5 Å². The van der Waals surface area contributed by atoms with Crippen LogP contribution in [-0.4, -0.2) is 140 Å². The number of aromatic hydroxyl groups is 1. The summed E-state index contributed by atoms with van der Waals surface area (Å²) in [4.78, 5) is 55.3. The molecule has 0 radical (unpaired) electrons. The number of aliphatic hydroxyl groups is 1. The van der Waals surface area contributed by atoms with Crippen LogP contribution < -0.4 is 20.3 Å². The van der Waals surface area contributed by atoms with Crippen LogP contribution in [0.2, 0.25) is 0 Å². The number of phenolic OH excluding ortho intramolecular Hbond substituents is 1. The highest BCUT2D eigenvalue weighted by Crippen LogP contribution is 2.36. The Morgan fingerprint density at radius 1 is 0.955 bits per heavy atom. The minimum absolute atomic E-state index is 0.00702. The number of aryl methyl sites for hydroxylation is 1. The van der Waals surface area contributed by atoms with Crippen molar-refractivity contribution < 1.29 is 33.9 Å². The van der Waals surface area contributed by atoms with Crippen LogP contribution >= 0.6 is 11.3 Å². The Hall–Kier alpha value is -6.11. The van der Waals surface area contributed by atoms with Crippen molar-refractivity contribution in [2.75, 3.05) is 56.5 Å². The number of hydrogen-bond acceptors (Lipinski definition) is 15. The standard InChI is InChI=1S/C48H60N10O7S/c1-27(2)43(48(63)58-25-35(59)20-39(58)46(61)51-29(4)32-12-14-33(15-13-32)44-30(5)50-26-66-44)41-22-42(54-65-41)64-31(6)47(62)56-17-16-34(24-56)55-18-19-57(28(3)23-55)38-21-37(52-53-45(38)49-7)36-10-8-9-11-40(36)60/h8-15,21-22,26-29,31,34-35,39,43,59-60H,16-20,23-25H2,1-7H3,(H,49,53)(H,51,61)/t28-,29-,31+,34?,35+,39-,43?/m0/s1. The number of likely N-dealkylation sites (tertiary alicyclic amines) is 2. The second-order valence-electron chi connectivity index (χ2n) is 18.1. The molecule has 3 aliphatic rings. The van der Waals surface area contributed by atoms with E-state index < -0.39 is 24.2 Å². The average molecular weight is 921 g/mol. The summed E-state index contributed by atoms with van der Waals surface area (Å²) < 4.78 is 11.8. The number of aliphatic hydroxyl groups excluding tert-OH is 1. The Labute approximate surface area is 389 Å². The number of nitrogens with one attached hydrogen (secondary N) is 2. The van der Waals surface area contributed by atoms with Crippen LogP contribution in [0.1, 0.15) is 76.4 Å². The molecule has 7 atom stereocenters. The molecule has 18 heteroatoms. The smallest absolute Gasteiger partial charge is 0.263 e. The molecule has 2 aromatic carbocycles. The van der Waals surface area contributed by atoms with Gasteiger partial charge in [-0.1, -0.05) is 50.2 Å². The van der Waals surface area contributed by atoms with Crippen molar-refractivity contribution in [1.29, 1.82) is 0 Å². The Morgan fingerprint density at radius 3 is 2.42 bits per heavy atom. The molecule has 3 aromatic heterocycles.